The highest BCUT2D eigenvalue weighted by molar-refractivity contribution is 7.09. The second kappa shape index (κ2) is 4.75. The molecule has 0 atom stereocenters. The Morgan fingerprint density at radius 3 is 2.53 bits per heavy atom. The molecule has 0 bridgehead atoms. The van der Waals surface area contributed by atoms with Crippen LogP contribution in [0.3, 0.4) is 0 Å². The van der Waals surface area contributed by atoms with E-state index in [2.05, 4.69) is 4.98 Å². The molecular weight excluding hydrogens is 208 g/mol. The summed E-state index contributed by atoms with van der Waals surface area (Å²) in [4.78, 5) is 15.3. The van der Waals surface area contributed by atoms with Crippen LogP contribution in [0.1, 0.15) is 59.9 Å². The molecule has 0 saturated heterocycles. The fourth-order valence-electron chi connectivity index (χ4n) is 2.11. The summed E-state index contributed by atoms with van der Waals surface area (Å²) in [5.74, 6) is 0.150. The van der Waals surface area contributed by atoms with E-state index in [1.165, 1.54) is 38.5 Å². The van der Waals surface area contributed by atoms with Gasteiger partial charge in [-0.05, 0) is 12.8 Å². The molecule has 0 radical (unpaired) electrons. The molecule has 2 rings (SSSR count). The summed E-state index contributed by atoms with van der Waals surface area (Å²) in [6.07, 6.45) is 7.68. The van der Waals surface area contributed by atoms with Crippen LogP contribution in [0.4, 0.5) is 0 Å². The quantitative estimate of drug-likeness (QED) is 0.785. The van der Waals surface area contributed by atoms with Crippen molar-refractivity contribution in [3.63, 3.8) is 0 Å². The third-order valence-electron chi connectivity index (χ3n) is 2.98. The number of thiazole rings is 1. The van der Waals surface area contributed by atoms with Crippen molar-refractivity contribution in [2.75, 3.05) is 0 Å². The summed E-state index contributed by atoms with van der Waals surface area (Å²) >= 11 is 1.58. The van der Waals surface area contributed by atoms with Crippen LogP contribution in [0, 0.1) is 0 Å². The normalized spacial score (nSPS) is 18.7. The maximum Gasteiger partial charge on any atom is 0.268 e. The van der Waals surface area contributed by atoms with E-state index in [-0.39, 0.29) is 0 Å². The number of aromatic nitrogens is 1. The first-order chi connectivity index (χ1) is 7.27. The zero-order valence-corrected chi connectivity index (χ0v) is 9.55. The highest BCUT2D eigenvalue weighted by atomic mass is 32.1. The fraction of sp³-hybridized carbons (Fsp3) is 0.636. The summed E-state index contributed by atoms with van der Waals surface area (Å²) in [6, 6.07) is 0. The van der Waals surface area contributed by atoms with E-state index < -0.39 is 5.91 Å². The Morgan fingerprint density at radius 2 is 2.00 bits per heavy atom. The Balaban J connectivity index is 2.10. The first-order valence-electron chi connectivity index (χ1n) is 5.52. The van der Waals surface area contributed by atoms with Crippen LogP contribution in [0.25, 0.3) is 0 Å². The smallest absolute Gasteiger partial charge is 0.268 e. The van der Waals surface area contributed by atoms with Crippen LogP contribution in [0.15, 0.2) is 5.38 Å². The topological polar surface area (TPSA) is 56.0 Å². The van der Waals surface area contributed by atoms with Gasteiger partial charge in [-0.3, -0.25) is 4.79 Å². The average Bonchev–Trinajstić information content (AvgIpc) is 2.55. The molecule has 2 N–H and O–H groups in total. The maximum absolute atomic E-state index is 10.9. The number of primary amides is 1. The number of carbonyl (C=O) groups excluding carboxylic acids is 1. The number of hydrogen-bond donors (Lipinski definition) is 1. The van der Waals surface area contributed by atoms with E-state index in [1.807, 2.05) is 0 Å². The Labute approximate surface area is 93.7 Å². The molecule has 15 heavy (non-hydrogen) atoms. The third-order valence-corrected chi connectivity index (χ3v) is 3.99. The lowest BCUT2D eigenvalue weighted by molar-refractivity contribution is 0.0996. The van der Waals surface area contributed by atoms with E-state index in [0.717, 1.165) is 5.01 Å². The van der Waals surface area contributed by atoms with Crippen molar-refractivity contribution >= 4 is 17.2 Å². The van der Waals surface area contributed by atoms with E-state index in [4.69, 9.17) is 5.73 Å². The minimum Gasteiger partial charge on any atom is -0.364 e. The molecule has 0 unspecified atom stereocenters. The molecule has 1 fully saturated rings. The van der Waals surface area contributed by atoms with Crippen LogP contribution >= 0.6 is 11.3 Å². The molecular formula is C11H16N2OS. The minimum atomic E-state index is -0.411. The summed E-state index contributed by atoms with van der Waals surface area (Å²) in [7, 11) is 0. The zero-order chi connectivity index (χ0) is 10.7. The van der Waals surface area contributed by atoms with Crippen molar-refractivity contribution in [3.8, 4) is 0 Å². The second-order valence-electron chi connectivity index (χ2n) is 4.12. The standard InChI is InChI=1S/C11H16N2OS/c12-10(14)9-7-15-11(13-9)8-5-3-1-2-4-6-8/h7-8H,1-6H2,(H2,12,14). The van der Waals surface area contributed by atoms with Gasteiger partial charge in [0.1, 0.15) is 5.69 Å². The van der Waals surface area contributed by atoms with Gasteiger partial charge in [0.15, 0.2) is 0 Å². The number of rotatable bonds is 2. The average molecular weight is 224 g/mol. The summed E-state index contributed by atoms with van der Waals surface area (Å²) in [5.41, 5.74) is 5.62. The zero-order valence-electron chi connectivity index (χ0n) is 8.74. The summed E-state index contributed by atoms with van der Waals surface area (Å²) < 4.78 is 0. The molecule has 1 aromatic rings. The number of amides is 1. The highest BCUT2D eigenvalue weighted by Gasteiger charge is 2.18. The molecule has 3 nitrogen and oxygen atoms in total. The fourth-order valence-corrected chi connectivity index (χ4v) is 3.10. The van der Waals surface area contributed by atoms with Crippen LogP contribution in [0.2, 0.25) is 0 Å². The van der Waals surface area contributed by atoms with Gasteiger partial charge in [-0.15, -0.1) is 11.3 Å². The van der Waals surface area contributed by atoms with Gasteiger partial charge in [-0.1, -0.05) is 25.7 Å². The molecule has 1 aliphatic rings. The van der Waals surface area contributed by atoms with Gasteiger partial charge < -0.3 is 5.73 Å². The molecule has 1 aliphatic carbocycles. The van der Waals surface area contributed by atoms with Crippen LogP contribution < -0.4 is 5.73 Å². The van der Waals surface area contributed by atoms with Gasteiger partial charge in [0.2, 0.25) is 0 Å². The second-order valence-corrected chi connectivity index (χ2v) is 5.01. The number of carbonyl (C=O) groups is 1. The first kappa shape index (κ1) is 10.6. The molecule has 0 aliphatic heterocycles. The lowest BCUT2D eigenvalue weighted by atomic mass is 10.0. The number of nitrogens with two attached hydrogens (primary N) is 1. The van der Waals surface area contributed by atoms with Crippen molar-refractivity contribution in [3.05, 3.63) is 16.1 Å². The largest absolute Gasteiger partial charge is 0.364 e. The lowest BCUT2D eigenvalue weighted by Crippen LogP contribution is -2.11. The van der Waals surface area contributed by atoms with E-state index in [9.17, 15) is 4.79 Å². The van der Waals surface area contributed by atoms with Crippen molar-refractivity contribution in [2.45, 2.75) is 44.4 Å². The molecule has 1 amide bonds. The van der Waals surface area contributed by atoms with E-state index in [1.54, 1.807) is 16.7 Å². The van der Waals surface area contributed by atoms with Crippen LogP contribution in [-0.2, 0) is 0 Å². The SMILES string of the molecule is NC(=O)c1csc(C2CCCCCC2)n1. The molecule has 0 spiro atoms. The van der Waals surface area contributed by atoms with Gasteiger partial charge in [0, 0.05) is 11.3 Å². The van der Waals surface area contributed by atoms with Crippen LogP contribution in [0.5, 0.6) is 0 Å². The van der Waals surface area contributed by atoms with Gasteiger partial charge >= 0.3 is 0 Å². The summed E-state index contributed by atoms with van der Waals surface area (Å²) in [5, 5.41) is 2.88. The van der Waals surface area contributed by atoms with Gasteiger partial charge in [0.05, 0.1) is 5.01 Å². The Kier molecular flexibility index (Phi) is 3.36. The molecule has 1 heterocycles. The van der Waals surface area contributed by atoms with E-state index in [0.29, 0.717) is 11.6 Å². The number of nitrogens with zero attached hydrogens (tertiary/aromatic N) is 1. The van der Waals surface area contributed by atoms with E-state index >= 15 is 0 Å². The molecule has 0 aromatic carbocycles. The van der Waals surface area contributed by atoms with Crippen LogP contribution in [-0.4, -0.2) is 10.9 Å². The predicted molar refractivity (Wildman–Crippen MR) is 61.1 cm³/mol. The molecule has 1 saturated carbocycles. The monoisotopic (exact) mass is 224 g/mol. The Hall–Kier alpha value is -0.900. The molecule has 82 valence electrons. The van der Waals surface area contributed by atoms with Gasteiger partial charge in [-0.2, -0.15) is 0 Å². The molecule has 4 heteroatoms. The summed E-state index contributed by atoms with van der Waals surface area (Å²) in [6.45, 7) is 0. The first-order valence-corrected chi connectivity index (χ1v) is 6.40. The van der Waals surface area contributed by atoms with Gasteiger partial charge in [-0.25, -0.2) is 4.98 Å². The van der Waals surface area contributed by atoms with Crippen molar-refractivity contribution in [2.24, 2.45) is 5.73 Å². The highest BCUT2D eigenvalue weighted by Crippen LogP contribution is 2.33. The third kappa shape index (κ3) is 2.56. The molecule has 1 aromatic heterocycles. The minimum absolute atomic E-state index is 0.411. The van der Waals surface area contributed by atoms with Crippen molar-refractivity contribution in [1.29, 1.82) is 0 Å². The van der Waals surface area contributed by atoms with Gasteiger partial charge in [0.25, 0.3) is 5.91 Å². The van der Waals surface area contributed by atoms with Crippen molar-refractivity contribution < 1.29 is 4.79 Å². The predicted octanol–water partition coefficient (Wildman–Crippen LogP) is 2.68. The maximum atomic E-state index is 10.9. The Morgan fingerprint density at radius 1 is 1.33 bits per heavy atom. The van der Waals surface area contributed by atoms with Crippen molar-refractivity contribution in [1.82, 2.24) is 4.98 Å². The Bertz CT molecular complexity index is 340. The lowest BCUT2D eigenvalue weighted by Gasteiger charge is -2.09. The number of hydrogen-bond acceptors (Lipinski definition) is 3.